The number of hydrogen-bond donors (Lipinski definition) is 4. The fraction of sp³-hybridized carbons (Fsp3) is 0.231. The number of rotatable bonds is 13. The summed E-state index contributed by atoms with van der Waals surface area (Å²) in [5.74, 6) is -4.07. The fourth-order valence-electron chi connectivity index (χ4n) is 6.55. The SMILES string of the molecule is C[S+]([O-])NC(=N)c1c(Cl)ccc(-n2c(C(Cc3cc(F)cc(F)c3)NC(=O)Cn3ccc(C4CC4)n3)nc3nc(-c4ccccc4F)ccc3c2=O)c1NCC(F)(F)F. The standard InChI is InChI=1S/C39H32ClF6N9O3S/c1-59(58)53-35(47)33-26(40)9-11-31(34(33)48-19-39(44,45)46)55-37(51-36-25(38(55)57)8-10-29(50-36)24-4-2-3-5-27(24)43)30(16-20-14-22(41)17-23(42)15-20)49-32(56)18-54-13-12-28(52-54)21-6-7-21/h2-5,8-15,17,21,30,48H,6-7,16,18-19H2,1H3,(H2,47,53)(H,49,56). The first-order chi connectivity index (χ1) is 28.0. The second kappa shape index (κ2) is 16.7. The van der Waals surface area contributed by atoms with Crippen LogP contribution in [0.15, 0.2) is 83.8 Å². The van der Waals surface area contributed by atoms with Crippen LogP contribution in [0.25, 0.3) is 28.0 Å². The van der Waals surface area contributed by atoms with Gasteiger partial charge in [0.1, 0.15) is 42.6 Å². The van der Waals surface area contributed by atoms with E-state index in [-0.39, 0.29) is 56.9 Å². The number of halogens is 7. The molecule has 7 rings (SSSR count). The summed E-state index contributed by atoms with van der Waals surface area (Å²) in [5.41, 5.74) is -1.65. The summed E-state index contributed by atoms with van der Waals surface area (Å²) >= 11 is 4.57. The third kappa shape index (κ3) is 9.53. The largest absolute Gasteiger partial charge is 0.593 e. The topological polar surface area (TPSA) is 166 Å². The molecule has 3 aromatic heterocycles. The minimum absolute atomic E-state index is 0.0134. The van der Waals surface area contributed by atoms with Crippen molar-refractivity contribution in [1.29, 1.82) is 5.41 Å². The molecule has 3 aromatic carbocycles. The van der Waals surface area contributed by atoms with Gasteiger partial charge in [-0.2, -0.15) is 23.0 Å². The molecule has 1 aliphatic rings. The summed E-state index contributed by atoms with van der Waals surface area (Å²) in [6.07, 6.45) is -0.604. The quantitative estimate of drug-likeness (QED) is 0.0423. The summed E-state index contributed by atoms with van der Waals surface area (Å²) < 4.78 is 102. The van der Waals surface area contributed by atoms with Crippen LogP contribution in [0.3, 0.4) is 0 Å². The molecule has 1 fully saturated rings. The van der Waals surface area contributed by atoms with Gasteiger partial charge in [0.05, 0.1) is 56.1 Å². The van der Waals surface area contributed by atoms with Crippen LogP contribution in [-0.4, -0.2) is 59.6 Å². The van der Waals surface area contributed by atoms with Gasteiger partial charge in [0.2, 0.25) is 5.91 Å². The molecule has 2 atom stereocenters. The predicted molar refractivity (Wildman–Crippen MR) is 209 cm³/mol. The van der Waals surface area contributed by atoms with E-state index in [1.807, 2.05) is 0 Å². The normalized spacial score (nSPS) is 13.9. The van der Waals surface area contributed by atoms with Crippen LogP contribution in [0.5, 0.6) is 0 Å². The Hall–Kier alpha value is -5.92. The number of fused-ring (bicyclic) bond motifs is 1. The van der Waals surface area contributed by atoms with Crippen LogP contribution in [0, 0.1) is 22.9 Å². The molecular weight excluding hydrogens is 824 g/mol. The van der Waals surface area contributed by atoms with Crippen molar-refractivity contribution in [2.75, 3.05) is 18.1 Å². The fourth-order valence-corrected chi connectivity index (χ4v) is 7.19. The Kier molecular flexibility index (Phi) is 11.7. The molecular formula is C39H32ClF6N9O3S. The monoisotopic (exact) mass is 855 g/mol. The third-order valence-corrected chi connectivity index (χ3v) is 10.0. The Balaban J connectivity index is 1.48. The van der Waals surface area contributed by atoms with Crippen molar-refractivity contribution in [2.45, 2.75) is 43.9 Å². The Morgan fingerprint density at radius 2 is 1.76 bits per heavy atom. The van der Waals surface area contributed by atoms with Gasteiger partial charge < -0.3 is 15.2 Å². The minimum atomic E-state index is -4.84. The zero-order chi connectivity index (χ0) is 42.2. The van der Waals surface area contributed by atoms with E-state index in [2.05, 4.69) is 30.4 Å². The lowest BCUT2D eigenvalue weighted by Crippen LogP contribution is -2.38. The Labute approximate surface area is 339 Å². The van der Waals surface area contributed by atoms with Gasteiger partial charge in [-0.3, -0.25) is 24.2 Å². The molecule has 59 heavy (non-hydrogen) atoms. The highest BCUT2D eigenvalue weighted by Gasteiger charge is 2.32. The first-order valence-corrected chi connectivity index (χ1v) is 19.8. The predicted octanol–water partition coefficient (Wildman–Crippen LogP) is 6.88. The van der Waals surface area contributed by atoms with Gasteiger partial charge in [-0.25, -0.2) is 23.1 Å². The van der Waals surface area contributed by atoms with Crippen LogP contribution in [0.4, 0.5) is 32.0 Å². The van der Waals surface area contributed by atoms with E-state index in [0.29, 0.717) is 6.07 Å². The molecule has 20 heteroatoms. The number of amides is 1. The highest BCUT2D eigenvalue weighted by molar-refractivity contribution is 7.89. The zero-order valence-corrected chi connectivity index (χ0v) is 32.3. The summed E-state index contributed by atoms with van der Waals surface area (Å²) in [7, 11) is 0. The number of aromatic nitrogens is 5. The third-order valence-electron chi connectivity index (χ3n) is 9.21. The molecule has 6 aromatic rings. The van der Waals surface area contributed by atoms with Gasteiger partial charge in [-0.05, 0) is 73.0 Å². The highest BCUT2D eigenvalue weighted by atomic mass is 35.5. The van der Waals surface area contributed by atoms with Crippen molar-refractivity contribution in [3.8, 4) is 16.9 Å². The molecule has 3 heterocycles. The van der Waals surface area contributed by atoms with Gasteiger partial charge in [-0.1, -0.05) is 23.7 Å². The van der Waals surface area contributed by atoms with Crippen LogP contribution in [-0.2, 0) is 29.1 Å². The smallest absolute Gasteiger partial charge is 0.405 e. The molecule has 4 N–H and O–H groups in total. The van der Waals surface area contributed by atoms with Crippen molar-refractivity contribution in [2.24, 2.45) is 0 Å². The van der Waals surface area contributed by atoms with Crippen molar-refractivity contribution >= 4 is 51.4 Å². The van der Waals surface area contributed by atoms with Crippen LogP contribution >= 0.6 is 11.6 Å². The van der Waals surface area contributed by atoms with Gasteiger partial charge >= 0.3 is 6.18 Å². The van der Waals surface area contributed by atoms with E-state index in [9.17, 15) is 40.5 Å². The maximum atomic E-state index is 15.0. The Morgan fingerprint density at radius 1 is 1.03 bits per heavy atom. The van der Waals surface area contributed by atoms with Crippen molar-refractivity contribution in [3.05, 3.63) is 134 Å². The second-order valence-corrected chi connectivity index (χ2v) is 15.2. The van der Waals surface area contributed by atoms with Crippen LogP contribution < -0.4 is 20.9 Å². The van der Waals surface area contributed by atoms with Crippen LogP contribution in [0.2, 0.25) is 5.02 Å². The van der Waals surface area contributed by atoms with E-state index in [4.69, 9.17) is 17.0 Å². The molecule has 12 nitrogen and oxygen atoms in total. The first-order valence-electron chi connectivity index (χ1n) is 17.8. The minimum Gasteiger partial charge on any atom is -0.593 e. The van der Waals surface area contributed by atoms with Gasteiger partial charge in [-0.15, -0.1) is 0 Å². The second-order valence-electron chi connectivity index (χ2n) is 13.7. The van der Waals surface area contributed by atoms with Crippen molar-refractivity contribution < 1.29 is 35.7 Å². The van der Waals surface area contributed by atoms with E-state index >= 15 is 0 Å². The van der Waals surface area contributed by atoms with Gasteiger partial charge in [0, 0.05) is 30.2 Å². The van der Waals surface area contributed by atoms with E-state index in [0.717, 1.165) is 35.2 Å². The van der Waals surface area contributed by atoms with Crippen molar-refractivity contribution in [3.63, 3.8) is 0 Å². The Bertz CT molecular complexity index is 2630. The number of hydrogen-bond acceptors (Lipinski definition) is 8. The average Bonchev–Trinajstić information content (AvgIpc) is 3.90. The summed E-state index contributed by atoms with van der Waals surface area (Å²) in [4.78, 5) is 37.8. The number of carbonyl (C=O) groups is 1. The summed E-state index contributed by atoms with van der Waals surface area (Å²) in [6, 6.07) is 13.6. The maximum absolute atomic E-state index is 15.0. The van der Waals surface area contributed by atoms with Crippen LogP contribution in [0.1, 0.15) is 47.4 Å². The Morgan fingerprint density at radius 3 is 2.44 bits per heavy atom. The number of carbonyl (C=O) groups excluding carboxylic acids is 1. The van der Waals surface area contributed by atoms with Crippen molar-refractivity contribution in [1.82, 2.24) is 34.4 Å². The molecule has 0 aliphatic heterocycles. The molecule has 1 amide bonds. The lowest BCUT2D eigenvalue weighted by molar-refractivity contribution is -0.122. The number of nitrogens with one attached hydrogen (secondary N) is 4. The molecule has 0 bridgehead atoms. The van der Waals surface area contributed by atoms with E-state index < -0.39 is 82.6 Å². The number of pyridine rings is 1. The lowest BCUT2D eigenvalue weighted by atomic mass is 10.0. The summed E-state index contributed by atoms with van der Waals surface area (Å²) in [5, 5.41) is 17.6. The molecule has 2 unspecified atom stereocenters. The van der Waals surface area contributed by atoms with E-state index in [1.54, 1.807) is 18.3 Å². The van der Waals surface area contributed by atoms with Gasteiger partial charge in [0.25, 0.3) is 5.56 Å². The average molecular weight is 856 g/mol. The number of amidine groups is 1. The molecule has 1 aliphatic carbocycles. The lowest BCUT2D eigenvalue weighted by Gasteiger charge is -2.26. The summed E-state index contributed by atoms with van der Waals surface area (Å²) in [6.45, 7) is -2.04. The molecule has 306 valence electrons. The number of nitrogens with zero attached hydrogens (tertiary/aromatic N) is 5. The first kappa shape index (κ1) is 41.2. The number of benzene rings is 3. The number of anilines is 1. The van der Waals surface area contributed by atoms with E-state index in [1.165, 1.54) is 53.4 Å². The molecule has 0 saturated heterocycles. The highest BCUT2D eigenvalue weighted by Crippen LogP contribution is 2.39. The zero-order valence-electron chi connectivity index (χ0n) is 30.7. The molecule has 0 radical (unpaired) electrons. The molecule has 1 saturated carbocycles. The number of alkyl halides is 3. The molecule has 0 spiro atoms. The maximum Gasteiger partial charge on any atom is 0.405 e. The van der Waals surface area contributed by atoms with Gasteiger partial charge in [0.15, 0.2) is 11.5 Å².